The molecule has 4 nitrogen and oxygen atoms in total. The first kappa shape index (κ1) is 16.3. The van der Waals surface area contributed by atoms with Gasteiger partial charge in [0.2, 0.25) is 0 Å². The number of rotatable bonds is 6. The molecule has 0 saturated carbocycles. The maximum absolute atomic E-state index is 13.0. The first-order valence-corrected chi connectivity index (χ1v) is 7.17. The number of ketones is 1. The van der Waals surface area contributed by atoms with Gasteiger partial charge in [-0.2, -0.15) is 0 Å². The van der Waals surface area contributed by atoms with Gasteiger partial charge < -0.3 is 14.2 Å². The molecule has 0 aliphatic carbocycles. The lowest BCUT2D eigenvalue weighted by molar-refractivity contribution is 0.0920. The van der Waals surface area contributed by atoms with E-state index in [0.29, 0.717) is 27.3 Å². The third kappa shape index (κ3) is 3.76. The molecule has 0 aromatic heterocycles. The van der Waals surface area contributed by atoms with E-state index in [-0.39, 0.29) is 18.2 Å². The quantitative estimate of drug-likeness (QED) is 0.726. The molecule has 0 atom stereocenters. The average molecular weight is 369 g/mol. The van der Waals surface area contributed by atoms with Crippen LogP contribution >= 0.6 is 15.9 Å². The summed E-state index contributed by atoms with van der Waals surface area (Å²) in [7, 11) is 3.02. The fourth-order valence-electron chi connectivity index (χ4n) is 1.83. The van der Waals surface area contributed by atoms with Gasteiger partial charge in [0.1, 0.15) is 11.6 Å². The molecule has 2 aromatic rings. The number of ether oxygens (including phenoxy) is 3. The number of Topliss-reactive ketones (excluding diaryl/α,β-unsaturated/α-hetero) is 1. The Hall–Kier alpha value is -2.08. The molecule has 0 aliphatic rings. The molecule has 0 amide bonds. The van der Waals surface area contributed by atoms with Crippen LogP contribution in [0.3, 0.4) is 0 Å². The lowest BCUT2D eigenvalue weighted by Gasteiger charge is -2.10. The first-order valence-electron chi connectivity index (χ1n) is 6.38. The zero-order chi connectivity index (χ0) is 16.1. The van der Waals surface area contributed by atoms with E-state index in [2.05, 4.69) is 15.9 Å². The minimum absolute atomic E-state index is 0.167. The van der Waals surface area contributed by atoms with Crippen LogP contribution in [0.2, 0.25) is 0 Å². The Bertz CT molecular complexity index is 688. The van der Waals surface area contributed by atoms with Gasteiger partial charge in [-0.15, -0.1) is 0 Å². The highest BCUT2D eigenvalue weighted by Gasteiger charge is 2.12. The molecule has 0 radical (unpaired) electrons. The van der Waals surface area contributed by atoms with E-state index in [9.17, 15) is 9.18 Å². The highest BCUT2D eigenvalue weighted by molar-refractivity contribution is 9.10. The second kappa shape index (κ2) is 7.26. The van der Waals surface area contributed by atoms with Gasteiger partial charge in [-0.25, -0.2) is 4.39 Å². The average Bonchev–Trinajstić information content (AvgIpc) is 2.53. The van der Waals surface area contributed by atoms with Crippen molar-refractivity contribution in [2.75, 3.05) is 20.8 Å². The van der Waals surface area contributed by atoms with Crippen LogP contribution in [0.1, 0.15) is 10.4 Å². The van der Waals surface area contributed by atoms with Crippen molar-refractivity contribution in [1.82, 2.24) is 0 Å². The molecule has 0 saturated heterocycles. The van der Waals surface area contributed by atoms with Gasteiger partial charge in [0.05, 0.1) is 18.7 Å². The third-order valence-corrected chi connectivity index (χ3v) is 3.58. The van der Waals surface area contributed by atoms with E-state index in [0.717, 1.165) is 0 Å². The summed E-state index contributed by atoms with van der Waals surface area (Å²) in [6.07, 6.45) is 0. The predicted molar refractivity (Wildman–Crippen MR) is 83.5 cm³/mol. The van der Waals surface area contributed by atoms with Crippen LogP contribution < -0.4 is 14.2 Å². The van der Waals surface area contributed by atoms with Crippen LogP contribution in [-0.4, -0.2) is 26.6 Å². The summed E-state index contributed by atoms with van der Waals surface area (Å²) in [5.74, 6) is 0.801. The molecule has 22 heavy (non-hydrogen) atoms. The number of carbonyl (C=O) groups is 1. The third-order valence-electron chi connectivity index (χ3n) is 2.96. The highest BCUT2D eigenvalue weighted by atomic mass is 79.9. The van der Waals surface area contributed by atoms with Crippen molar-refractivity contribution in [3.63, 3.8) is 0 Å². The van der Waals surface area contributed by atoms with Crippen molar-refractivity contribution < 1.29 is 23.4 Å². The monoisotopic (exact) mass is 368 g/mol. The number of benzene rings is 2. The van der Waals surface area contributed by atoms with Crippen LogP contribution in [0, 0.1) is 5.82 Å². The summed E-state index contributed by atoms with van der Waals surface area (Å²) in [5, 5.41) is 0. The number of methoxy groups -OCH3 is 2. The fraction of sp³-hybridized carbons (Fsp3) is 0.188. The van der Waals surface area contributed by atoms with Crippen molar-refractivity contribution in [2.24, 2.45) is 0 Å². The molecule has 0 spiro atoms. The lowest BCUT2D eigenvalue weighted by Crippen LogP contribution is -2.12. The van der Waals surface area contributed by atoms with Crippen molar-refractivity contribution in [2.45, 2.75) is 0 Å². The van der Waals surface area contributed by atoms with Crippen LogP contribution in [0.15, 0.2) is 40.9 Å². The van der Waals surface area contributed by atoms with Crippen molar-refractivity contribution in [3.05, 3.63) is 52.3 Å². The Balaban J connectivity index is 2.09. The fourth-order valence-corrected chi connectivity index (χ4v) is 2.29. The van der Waals surface area contributed by atoms with Gasteiger partial charge in [0.25, 0.3) is 0 Å². The molecule has 0 aliphatic heterocycles. The van der Waals surface area contributed by atoms with Gasteiger partial charge in [-0.1, -0.05) is 0 Å². The number of hydrogen-bond donors (Lipinski definition) is 0. The minimum atomic E-state index is -0.384. The normalized spacial score (nSPS) is 10.2. The van der Waals surface area contributed by atoms with Crippen molar-refractivity contribution in [3.8, 4) is 17.2 Å². The molecule has 0 unspecified atom stereocenters. The van der Waals surface area contributed by atoms with Crippen LogP contribution in [-0.2, 0) is 0 Å². The molecule has 0 bridgehead atoms. The zero-order valence-corrected chi connectivity index (χ0v) is 13.6. The molecule has 2 rings (SSSR count). The summed E-state index contributed by atoms with van der Waals surface area (Å²) in [5.41, 5.74) is 0.441. The van der Waals surface area contributed by atoms with Crippen LogP contribution in [0.4, 0.5) is 4.39 Å². The van der Waals surface area contributed by atoms with Gasteiger partial charge in [0.15, 0.2) is 23.9 Å². The largest absolute Gasteiger partial charge is 0.493 e. The first-order chi connectivity index (χ1) is 10.5. The van der Waals surface area contributed by atoms with E-state index in [1.807, 2.05) is 0 Å². The van der Waals surface area contributed by atoms with Crippen molar-refractivity contribution in [1.29, 1.82) is 0 Å². The lowest BCUT2D eigenvalue weighted by atomic mass is 10.1. The topological polar surface area (TPSA) is 44.8 Å². The Labute approximate surface area is 135 Å². The Morgan fingerprint density at radius 3 is 2.36 bits per heavy atom. The minimum Gasteiger partial charge on any atom is -0.493 e. The van der Waals surface area contributed by atoms with E-state index in [4.69, 9.17) is 14.2 Å². The number of hydrogen-bond acceptors (Lipinski definition) is 4. The Kier molecular flexibility index (Phi) is 5.38. The maximum Gasteiger partial charge on any atom is 0.200 e. The van der Waals surface area contributed by atoms with Gasteiger partial charge in [0, 0.05) is 5.56 Å². The summed E-state index contributed by atoms with van der Waals surface area (Å²) >= 11 is 3.18. The van der Waals surface area contributed by atoms with Crippen LogP contribution in [0.25, 0.3) is 0 Å². The van der Waals surface area contributed by atoms with Crippen molar-refractivity contribution >= 4 is 21.7 Å². The van der Waals surface area contributed by atoms with E-state index < -0.39 is 0 Å². The smallest absolute Gasteiger partial charge is 0.200 e. The van der Waals surface area contributed by atoms with Crippen LogP contribution in [0.5, 0.6) is 17.2 Å². The molecule has 0 N–H and O–H groups in total. The predicted octanol–water partition coefficient (Wildman–Crippen LogP) is 3.87. The summed E-state index contributed by atoms with van der Waals surface area (Å²) in [6, 6.07) is 8.87. The molecular weight excluding hydrogens is 355 g/mol. The SMILES string of the molecule is COc1ccc(C(=O)COc2ccc(F)cc2Br)cc1OC. The molecule has 0 fully saturated rings. The summed E-state index contributed by atoms with van der Waals surface area (Å²) in [6.45, 7) is -0.167. The Morgan fingerprint density at radius 1 is 1.05 bits per heavy atom. The zero-order valence-electron chi connectivity index (χ0n) is 12.1. The molecule has 116 valence electrons. The van der Waals surface area contributed by atoms with E-state index in [1.54, 1.807) is 18.2 Å². The van der Waals surface area contributed by atoms with Gasteiger partial charge in [-0.3, -0.25) is 4.79 Å². The highest BCUT2D eigenvalue weighted by Crippen LogP contribution is 2.28. The molecule has 6 heteroatoms. The van der Waals surface area contributed by atoms with E-state index >= 15 is 0 Å². The number of halogens is 2. The second-order valence-corrected chi connectivity index (χ2v) is 5.21. The molecule has 2 aromatic carbocycles. The standard InChI is InChI=1S/C16H14BrFO4/c1-20-15-5-3-10(7-16(15)21-2)13(19)9-22-14-6-4-11(18)8-12(14)17/h3-8H,9H2,1-2H3. The maximum atomic E-state index is 13.0. The Morgan fingerprint density at radius 2 is 1.73 bits per heavy atom. The summed E-state index contributed by atoms with van der Waals surface area (Å²) < 4.78 is 29.1. The summed E-state index contributed by atoms with van der Waals surface area (Å²) in [4.78, 5) is 12.2. The van der Waals surface area contributed by atoms with E-state index in [1.165, 1.54) is 32.4 Å². The number of carbonyl (C=O) groups excluding carboxylic acids is 1. The van der Waals surface area contributed by atoms with Gasteiger partial charge >= 0.3 is 0 Å². The molecule has 0 heterocycles. The van der Waals surface area contributed by atoms with Gasteiger partial charge in [-0.05, 0) is 52.3 Å². The second-order valence-electron chi connectivity index (χ2n) is 4.36. The molecular formula is C16H14BrFO4.